The van der Waals surface area contributed by atoms with E-state index in [1.54, 1.807) is 0 Å². The lowest BCUT2D eigenvalue weighted by Gasteiger charge is -2.35. The molecule has 0 aliphatic carbocycles. The standard InChI is InChI=1S/C19H17NO2/c1-20(2)16-8-7-15-10-12-19(22-18(15)13-16)11-9-14-5-3-4-6-17(14)21-19/h3-13H,1-2H3. The van der Waals surface area contributed by atoms with E-state index in [0.717, 1.165) is 28.3 Å². The molecule has 0 radical (unpaired) electrons. The number of rotatable bonds is 1. The summed E-state index contributed by atoms with van der Waals surface area (Å²) in [7, 11) is 4.03. The molecule has 4 rings (SSSR count). The van der Waals surface area contributed by atoms with Crippen LogP contribution in [0.5, 0.6) is 11.5 Å². The van der Waals surface area contributed by atoms with Crippen molar-refractivity contribution in [3.63, 3.8) is 0 Å². The van der Waals surface area contributed by atoms with Gasteiger partial charge in [-0.1, -0.05) is 18.2 Å². The largest absolute Gasteiger partial charge is 0.445 e. The first-order valence-electron chi connectivity index (χ1n) is 7.32. The van der Waals surface area contributed by atoms with Gasteiger partial charge in [0.25, 0.3) is 5.79 Å². The number of nitrogens with zero attached hydrogens (tertiary/aromatic N) is 1. The van der Waals surface area contributed by atoms with Crippen molar-refractivity contribution < 1.29 is 9.47 Å². The molecule has 1 spiro atoms. The maximum atomic E-state index is 6.19. The summed E-state index contributed by atoms with van der Waals surface area (Å²) in [6, 6.07) is 14.1. The third kappa shape index (κ3) is 2.06. The molecule has 0 fully saturated rings. The minimum atomic E-state index is -0.855. The molecule has 1 atom stereocenters. The summed E-state index contributed by atoms with van der Waals surface area (Å²) in [6.45, 7) is 0. The van der Waals surface area contributed by atoms with Crippen molar-refractivity contribution in [2.24, 2.45) is 0 Å². The molecule has 0 saturated carbocycles. The minimum absolute atomic E-state index is 0.831. The van der Waals surface area contributed by atoms with Crippen LogP contribution in [0.1, 0.15) is 11.1 Å². The summed E-state index contributed by atoms with van der Waals surface area (Å²) in [6.07, 6.45) is 8.01. The van der Waals surface area contributed by atoms with Gasteiger partial charge in [-0.3, -0.25) is 0 Å². The zero-order valence-corrected chi connectivity index (χ0v) is 12.6. The zero-order chi connectivity index (χ0) is 15.2. The molecule has 22 heavy (non-hydrogen) atoms. The molecule has 1 unspecified atom stereocenters. The quantitative estimate of drug-likeness (QED) is 0.794. The van der Waals surface area contributed by atoms with Gasteiger partial charge in [-0.05, 0) is 30.4 Å². The number of hydrogen-bond acceptors (Lipinski definition) is 3. The van der Waals surface area contributed by atoms with E-state index in [-0.39, 0.29) is 0 Å². The lowest BCUT2D eigenvalue weighted by atomic mass is 10.0. The predicted molar refractivity (Wildman–Crippen MR) is 89.3 cm³/mol. The number of hydrogen-bond donors (Lipinski definition) is 0. The molecule has 0 N–H and O–H groups in total. The molecule has 2 aromatic carbocycles. The SMILES string of the molecule is CN(C)c1ccc2c(c1)OC1(C=Cc3ccccc3O1)C=C2. The first kappa shape index (κ1) is 13.0. The van der Waals surface area contributed by atoms with E-state index in [0.29, 0.717) is 0 Å². The predicted octanol–water partition coefficient (Wildman–Crippen LogP) is 3.96. The van der Waals surface area contributed by atoms with Crippen molar-refractivity contribution in [2.45, 2.75) is 5.79 Å². The molecule has 2 heterocycles. The van der Waals surface area contributed by atoms with Crippen molar-refractivity contribution >= 4 is 17.8 Å². The molecule has 3 nitrogen and oxygen atoms in total. The minimum Gasteiger partial charge on any atom is -0.445 e. The van der Waals surface area contributed by atoms with Crippen molar-refractivity contribution in [3.05, 3.63) is 65.7 Å². The molecule has 0 aromatic heterocycles. The van der Waals surface area contributed by atoms with Crippen molar-refractivity contribution in [1.29, 1.82) is 0 Å². The van der Waals surface area contributed by atoms with Crippen LogP contribution in [0.15, 0.2) is 54.6 Å². The monoisotopic (exact) mass is 291 g/mol. The highest BCUT2D eigenvalue weighted by Gasteiger charge is 2.35. The summed E-state index contributed by atoms with van der Waals surface area (Å²) in [5, 5.41) is 0. The van der Waals surface area contributed by atoms with Crippen molar-refractivity contribution in [1.82, 2.24) is 0 Å². The number of benzene rings is 2. The zero-order valence-electron chi connectivity index (χ0n) is 12.6. The molecule has 2 aliphatic heterocycles. The fourth-order valence-electron chi connectivity index (χ4n) is 2.71. The van der Waals surface area contributed by atoms with Crippen molar-refractivity contribution in [3.8, 4) is 11.5 Å². The Morgan fingerprint density at radius 3 is 2.27 bits per heavy atom. The maximum Gasteiger partial charge on any atom is 0.291 e. The number of anilines is 1. The van der Waals surface area contributed by atoms with Crippen LogP contribution in [-0.2, 0) is 0 Å². The van der Waals surface area contributed by atoms with Gasteiger partial charge in [-0.15, -0.1) is 0 Å². The summed E-state index contributed by atoms with van der Waals surface area (Å²) in [5.41, 5.74) is 3.23. The third-order valence-electron chi connectivity index (χ3n) is 3.96. The Labute approximate surface area is 130 Å². The fraction of sp³-hybridized carbons (Fsp3) is 0.158. The third-order valence-corrected chi connectivity index (χ3v) is 3.96. The summed E-state index contributed by atoms with van der Waals surface area (Å²) < 4.78 is 12.3. The molecular weight excluding hydrogens is 274 g/mol. The Balaban J connectivity index is 1.72. The van der Waals surface area contributed by atoms with E-state index in [1.165, 1.54) is 0 Å². The summed E-state index contributed by atoms with van der Waals surface area (Å²) >= 11 is 0. The highest BCUT2D eigenvalue weighted by atomic mass is 16.7. The van der Waals surface area contributed by atoms with Gasteiger partial charge in [0.1, 0.15) is 11.5 Å². The molecule has 3 heteroatoms. The first-order valence-corrected chi connectivity index (χ1v) is 7.32. The smallest absolute Gasteiger partial charge is 0.291 e. The number of ether oxygens (including phenoxy) is 2. The number of para-hydroxylation sites is 1. The van der Waals surface area contributed by atoms with Crippen LogP contribution in [0.3, 0.4) is 0 Å². The van der Waals surface area contributed by atoms with Crippen LogP contribution >= 0.6 is 0 Å². The van der Waals surface area contributed by atoms with Gasteiger partial charge in [0.15, 0.2) is 0 Å². The van der Waals surface area contributed by atoms with E-state index in [1.807, 2.05) is 62.7 Å². The molecule has 2 aromatic rings. The summed E-state index contributed by atoms with van der Waals surface area (Å²) in [5.74, 6) is 0.811. The lowest BCUT2D eigenvalue weighted by Crippen LogP contribution is -2.41. The molecule has 0 bridgehead atoms. The van der Waals surface area contributed by atoms with E-state index in [9.17, 15) is 0 Å². The second-order valence-electron chi connectivity index (χ2n) is 5.75. The summed E-state index contributed by atoms with van der Waals surface area (Å²) in [4.78, 5) is 2.06. The first-order chi connectivity index (χ1) is 10.7. The Hall–Kier alpha value is -2.68. The average Bonchev–Trinajstić information content (AvgIpc) is 2.54. The van der Waals surface area contributed by atoms with E-state index in [2.05, 4.69) is 23.1 Å². The second-order valence-corrected chi connectivity index (χ2v) is 5.75. The van der Waals surface area contributed by atoms with Crippen LogP contribution in [0.25, 0.3) is 12.2 Å². The van der Waals surface area contributed by atoms with E-state index in [4.69, 9.17) is 9.47 Å². The van der Waals surface area contributed by atoms with Gasteiger partial charge in [0, 0.05) is 49.1 Å². The van der Waals surface area contributed by atoms with Gasteiger partial charge in [-0.2, -0.15) is 0 Å². The highest BCUT2D eigenvalue weighted by Crippen LogP contribution is 2.39. The maximum absolute atomic E-state index is 6.19. The van der Waals surface area contributed by atoms with Gasteiger partial charge >= 0.3 is 0 Å². The molecular formula is C19H17NO2. The van der Waals surface area contributed by atoms with Crippen LogP contribution in [0, 0.1) is 0 Å². The van der Waals surface area contributed by atoms with Crippen molar-refractivity contribution in [2.75, 3.05) is 19.0 Å². The van der Waals surface area contributed by atoms with Gasteiger partial charge in [-0.25, -0.2) is 0 Å². The van der Waals surface area contributed by atoms with Crippen LogP contribution < -0.4 is 14.4 Å². The van der Waals surface area contributed by atoms with Gasteiger partial charge < -0.3 is 14.4 Å². The van der Waals surface area contributed by atoms with Crippen LogP contribution in [-0.4, -0.2) is 19.9 Å². The fourth-order valence-corrected chi connectivity index (χ4v) is 2.71. The number of fused-ring (bicyclic) bond motifs is 2. The molecule has 0 saturated heterocycles. The van der Waals surface area contributed by atoms with Gasteiger partial charge in [0.2, 0.25) is 0 Å². The van der Waals surface area contributed by atoms with Gasteiger partial charge in [0.05, 0.1) is 0 Å². The highest BCUT2D eigenvalue weighted by molar-refractivity contribution is 5.69. The second kappa shape index (κ2) is 4.67. The Morgan fingerprint density at radius 1 is 0.818 bits per heavy atom. The van der Waals surface area contributed by atoms with Crippen LogP contribution in [0.4, 0.5) is 5.69 Å². The molecule has 110 valence electrons. The Kier molecular flexibility index (Phi) is 2.76. The normalized spacial score (nSPS) is 20.8. The molecule has 0 amide bonds. The molecule has 2 aliphatic rings. The average molecular weight is 291 g/mol. The Morgan fingerprint density at radius 2 is 1.50 bits per heavy atom. The topological polar surface area (TPSA) is 21.7 Å². The van der Waals surface area contributed by atoms with E-state index < -0.39 is 5.79 Å². The lowest BCUT2D eigenvalue weighted by molar-refractivity contribution is -0.0307. The van der Waals surface area contributed by atoms with E-state index >= 15 is 0 Å². The van der Waals surface area contributed by atoms with Crippen LogP contribution in [0.2, 0.25) is 0 Å². The Bertz CT molecular complexity index is 792.